The quantitative estimate of drug-likeness (QED) is 0.774. The van der Waals surface area contributed by atoms with Gasteiger partial charge in [-0.3, -0.25) is 19.1 Å². The van der Waals surface area contributed by atoms with E-state index in [1.165, 1.54) is 18.3 Å². The minimum absolute atomic E-state index is 0.199. The first-order chi connectivity index (χ1) is 11.2. The lowest BCUT2D eigenvalue weighted by Gasteiger charge is -2.15. The molecular weight excluding hydrogens is 334 g/mol. The molecule has 1 aromatic carbocycles. The van der Waals surface area contributed by atoms with Gasteiger partial charge in [0.15, 0.2) is 9.84 Å². The van der Waals surface area contributed by atoms with Crippen molar-refractivity contribution in [2.75, 3.05) is 6.26 Å². The van der Waals surface area contributed by atoms with Crippen LogP contribution in [0.1, 0.15) is 18.5 Å². The summed E-state index contributed by atoms with van der Waals surface area (Å²) in [5.74, 6) is -0.413. The highest BCUT2D eigenvalue weighted by atomic mass is 32.2. The van der Waals surface area contributed by atoms with Crippen LogP contribution in [0.5, 0.6) is 0 Å². The second kappa shape index (κ2) is 6.83. The van der Waals surface area contributed by atoms with Crippen molar-refractivity contribution in [2.45, 2.75) is 24.4 Å². The zero-order valence-electron chi connectivity index (χ0n) is 13.1. The maximum Gasteiger partial charge on any atom is 0.328 e. The van der Waals surface area contributed by atoms with E-state index in [1.54, 1.807) is 19.1 Å². The van der Waals surface area contributed by atoms with E-state index in [0.717, 1.165) is 22.5 Å². The number of rotatable bonds is 5. The third-order valence-corrected chi connectivity index (χ3v) is 4.53. The molecule has 0 bridgehead atoms. The molecule has 0 aliphatic heterocycles. The number of nitrogens with one attached hydrogen (secondary N) is 2. The summed E-state index contributed by atoms with van der Waals surface area (Å²) in [7, 11) is -3.27. The van der Waals surface area contributed by atoms with Gasteiger partial charge in [-0.05, 0) is 24.6 Å². The Morgan fingerprint density at radius 2 is 1.83 bits per heavy atom. The van der Waals surface area contributed by atoms with E-state index in [-0.39, 0.29) is 17.5 Å². The minimum atomic E-state index is -3.27. The van der Waals surface area contributed by atoms with Crippen LogP contribution >= 0.6 is 0 Å². The van der Waals surface area contributed by atoms with Gasteiger partial charge in [0.05, 0.1) is 10.9 Å². The van der Waals surface area contributed by atoms with Gasteiger partial charge >= 0.3 is 5.69 Å². The van der Waals surface area contributed by atoms with Crippen LogP contribution in [0, 0.1) is 0 Å². The SMILES string of the molecule is CC(NC(=O)Cn1ccc(=O)[nH]c1=O)c1ccc(S(C)(=O)=O)cc1. The van der Waals surface area contributed by atoms with E-state index in [2.05, 4.69) is 10.3 Å². The van der Waals surface area contributed by atoms with Gasteiger partial charge in [0, 0.05) is 18.5 Å². The summed E-state index contributed by atoms with van der Waals surface area (Å²) in [6, 6.07) is 6.97. The Morgan fingerprint density at radius 1 is 1.21 bits per heavy atom. The fraction of sp³-hybridized carbons (Fsp3) is 0.267. The van der Waals surface area contributed by atoms with Gasteiger partial charge in [-0.2, -0.15) is 0 Å². The molecule has 1 unspecified atom stereocenters. The third-order valence-electron chi connectivity index (χ3n) is 3.40. The van der Waals surface area contributed by atoms with Crippen LogP contribution in [0.3, 0.4) is 0 Å². The summed E-state index contributed by atoms with van der Waals surface area (Å²) in [4.78, 5) is 36.8. The van der Waals surface area contributed by atoms with E-state index in [0.29, 0.717) is 0 Å². The molecule has 0 spiro atoms. The highest BCUT2D eigenvalue weighted by Gasteiger charge is 2.12. The number of sulfone groups is 1. The molecule has 0 fully saturated rings. The minimum Gasteiger partial charge on any atom is -0.348 e. The number of amides is 1. The zero-order chi connectivity index (χ0) is 17.9. The van der Waals surface area contributed by atoms with Crippen molar-refractivity contribution >= 4 is 15.7 Å². The molecule has 8 nitrogen and oxygen atoms in total. The van der Waals surface area contributed by atoms with Crippen molar-refractivity contribution in [2.24, 2.45) is 0 Å². The van der Waals surface area contributed by atoms with Gasteiger partial charge in [0.25, 0.3) is 5.56 Å². The number of benzene rings is 1. The molecule has 1 atom stereocenters. The Bertz CT molecular complexity index is 958. The number of aromatic nitrogens is 2. The molecule has 9 heteroatoms. The van der Waals surface area contributed by atoms with Crippen LogP contribution < -0.4 is 16.6 Å². The van der Waals surface area contributed by atoms with Gasteiger partial charge in [-0.15, -0.1) is 0 Å². The Morgan fingerprint density at radius 3 is 2.38 bits per heavy atom. The Balaban J connectivity index is 2.06. The van der Waals surface area contributed by atoms with Crippen molar-refractivity contribution in [1.29, 1.82) is 0 Å². The smallest absolute Gasteiger partial charge is 0.328 e. The number of carbonyl (C=O) groups is 1. The predicted octanol–water partition coefficient (Wildman–Crippen LogP) is -0.182. The highest BCUT2D eigenvalue weighted by Crippen LogP contribution is 2.16. The van der Waals surface area contributed by atoms with Crippen molar-refractivity contribution < 1.29 is 13.2 Å². The molecule has 0 aliphatic carbocycles. The molecule has 0 saturated carbocycles. The fourth-order valence-electron chi connectivity index (χ4n) is 2.10. The lowest BCUT2D eigenvalue weighted by molar-refractivity contribution is -0.122. The van der Waals surface area contributed by atoms with Gasteiger partial charge in [0.1, 0.15) is 6.54 Å². The van der Waals surface area contributed by atoms with E-state index in [1.807, 2.05) is 0 Å². The third kappa shape index (κ3) is 4.42. The maximum absolute atomic E-state index is 12.0. The molecule has 0 saturated heterocycles. The van der Waals surface area contributed by atoms with Gasteiger partial charge < -0.3 is 5.32 Å². The molecule has 128 valence electrons. The summed E-state index contributed by atoms with van der Waals surface area (Å²) < 4.78 is 23.9. The summed E-state index contributed by atoms with van der Waals surface area (Å²) in [6.07, 6.45) is 2.36. The molecule has 2 rings (SSSR count). The molecule has 1 heterocycles. The average Bonchev–Trinajstić information content (AvgIpc) is 2.49. The Labute approximate surface area is 138 Å². The first kappa shape index (κ1) is 17.7. The average molecular weight is 351 g/mol. The van der Waals surface area contributed by atoms with E-state index < -0.39 is 27.0 Å². The number of hydrogen-bond donors (Lipinski definition) is 2. The predicted molar refractivity (Wildman–Crippen MR) is 87.4 cm³/mol. The van der Waals surface area contributed by atoms with Gasteiger partial charge in [0.2, 0.25) is 5.91 Å². The second-order valence-electron chi connectivity index (χ2n) is 5.37. The molecule has 1 aromatic heterocycles. The summed E-state index contributed by atoms with van der Waals surface area (Å²) in [5, 5.41) is 2.70. The lowest BCUT2D eigenvalue weighted by atomic mass is 10.1. The highest BCUT2D eigenvalue weighted by molar-refractivity contribution is 7.90. The molecule has 1 amide bonds. The number of hydrogen-bond acceptors (Lipinski definition) is 5. The van der Waals surface area contributed by atoms with Crippen LogP contribution in [0.15, 0.2) is 51.0 Å². The van der Waals surface area contributed by atoms with Crippen molar-refractivity contribution in [3.05, 3.63) is 62.9 Å². The molecule has 0 radical (unpaired) electrons. The second-order valence-corrected chi connectivity index (χ2v) is 7.38. The summed E-state index contributed by atoms with van der Waals surface area (Å²) in [5.41, 5.74) is -0.469. The largest absolute Gasteiger partial charge is 0.348 e. The number of H-pyrrole nitrogens is 1. The first-order valence-corrected chi connectivity index (χ1v) is 8.95. The normalized spacial score (nSPS) is 12.6. The molecule has 2 N–H and O–H groups in total. The molecular formula is C15H17N3O5S. The number of carbonyl (C=O) groups excluding carboxylic acids is 1. The Kier molecular flexibility index (Phi) is 5.03. The van der Waals surface area contributed by atoms with Crippen LogP contribution in [0.4, 0.5) is 0 Å². The van der Waals surface area contributed by atoms with Crippen molar-refractivity contribution in [1.82, 2.24) is 14.9 Å². The maximum atomic E-state index is 12.0. The fourth-order valence-corrected chi connectivity index (χ4v) is 2.73. The molecule has 0 aliphatic rings. The lowest BCUT2D eigenvalue weighted by Crippen LogP contribution is -2.36. The zero-order valence-corrected chi connectivity index (χ0v) is 14.0. The van der Waals surface area contributed by atoms with Crippen molar-refractivity contribution in [3.8, 4) is 0 Å². The van der Waals surface area contributed by atoms with Crippen LogP contribution in [-0.4, -0.2) is 30.1 Å². The topological polar surface area (TPSA) is 118 Å². The summed E-state index contributed by atoms with van der Waals surface area (Å²) in [6.45, 7) is 1.50. The number of aromatic amines is 1. The van der Waals surface area contributed by atoms with Gasteiger partial charge in [-0.1, -0.05) is 12.1 Å². The molecule has 2 aromatic rings. The van der Waals surface area contributed by atoms with Crippen LogP contribution in [0.25, 0.3) is 0 Å². The van der Waals surface area contributed by atoms with Crippen LogP contribution in [-0.2, 0) is 21.2 Å². The van der Waals surface area contributed by atoms with Gasteiger partial charge in [-0.25, -0.2) is 13.2 Å². The van der Waals surface area contributed by atoms with Crippen LogP contribution in [0.2, 0.25) is 0 Å². The van der Waals surface area contributed by atoms with E-state index in [9.17, 15) is 22.8 Å². The van der Waals surface area contributed by atoms with E-state index in [4.69, 9.17) is 0 Å². The first-order valence-electron chi connectivity index (χ1n) is 7.06. The van der Waals surface area contributed by atoms with E-state index >= 15 is 0 Å². The summed E-state index contributed by atoms with van der Waals surface area (Å²) >= 11 is 0. The monoisotopic (exact) mass is 351 g/mol. The van der Waals surface area contributed by atoms with Crippen molar-refractivity contribution in [3.63, 3.8) is 0 Å². The molecule has 24 heavy (non-hydrogen) atoms. The number of nitrogens with zero attached hydrogens (tertiary/aromatic N) is 1. The Hall–Kier alpha value is -2.68. The standard InChI is InChI=1S/C15H17N3O5S/c1-10(11-3-5-12(6-4-11)24(2,22)23)16-14(20)9-18-8-7-13(19)17-15(18)21/h3-8,10H,9H2,1-2H3,(H,16,20)(H,17,19,21).